The van der Waals surface area contributed by atoms with Crippen molar-refractivity contribution in [2.75, 3.05) is 0 Å². The largest absolute Gasteiger partial charge is 0.573 e. The van der Waals surface area contributed by atoms with Crippen molar-refractivity contribution in [1.29, 1.82) is 0 Å². The Balaban J connectivity index is 2.24. The van der Waals surface area contributed by atoms with Gasteiger partial charge in [-0.3, -0.25) is 0 Å². The molecule has 0 amide bonds. The van der Waals surface area contributed by atoms with Crippen molar-refractivity contribution in [2.24, 2.45) is 5.73 Å². The molecule has 0 aliphatic heterocycles. The van der Waals surface area contributed by atoms with Crippen LogP contribution >= 0.6 is 11.3 Å². The van der Waals surface area contributed by atoms with Crippen molar-refractivity contribution < 1.29 is 22.3 Å². The molecule has 0 spiro atoms. The number of benzene rings is 1. The predicted molar refractivity (Wildman–Crippen MR) is 63.4 cm³/mol. The van der Waals surface area contributed by atoms with Crippen LogP contribution in [-0.2, 0) is 0 Å². The molecular weight excluding hydrogens is 282 g/mol. The maximum atomic E-state index is 13.5. The van der Waals surface area contributed by atoms with E-state index in [1.54, 1.807) is 11.4 Å². The molecule has 19 heavy (non-hydrogen) atoms. The lowest BCUT2D eigenvalue weighted by molar-refractivity contribution is -0.275. The van der Waals surface area contributed by atoms with E-state index in [-0.39, 0.29) is 0 Å². The third kappa shape index (κ3) is 3.45. The summed E-state index contributed by atoms with van der Waals surface area (Å²) >= 11 is 1.43. The van der Waals surface area contributed by atoms with Crippen LogP contribution in [-0.4, -0.2) is 6.36 Å². The first-order valence-corrected chi connectivity index (χ1v) is 6.14. The van der Waals surface area contributed by atoms with Crippen molar-refractivity contribution in [1.82, 2.24) is 0 Å². The fourth-order valence-electron chi connectivity index (χ4n) is 1.56. The minimum Gasteiger partial charge on any atom is -0.403 e. The third-order valence-corrected chi connectivity index (χ3v) is 3.14. The molecule has 1 heterocycles. The number of halogens is 4. The van der Waals surface area contributed by atoms with Crippen LogP contribution in [0.3, 0.4) is 0 Å². The number of hydrogen-bond donors (Lipinski definition) is 1. The van der Waals surface area contributed by atoms with Gasteiger partial charge in [-0.25, -0.2) is 4.39 Å². The van der Waals surface area contributed by atoms with Gasteiger partial charge in [-0.1, -0.05) is 6.07 Å². The van der Waals surface area contributed by atoms with E-state index in [9.17, 15) is 17.6 Å². The number of ether oxygens (including phenoxy) is 1. The molecule has 2 nitrogen and oxygen atoms in total. The SMILES string of the molecule is N[C@@H](c1ccsc1)c1ccc(OC(F)(F)F)c(F)c1. The van der Waals surface area contributed by atoms with E-state index in [0.29, 0.717) is 5.56 Å². The zero-order chi connectivity index (χ0) is 14.0. The Bertz CT molecular complexity index is 553. The van der Waals surface area contributed by atoms with E-state index < -0.39 is 24.0 Å². The Hall–Kier alpha value is -1.60. The zero-order valence-electron chi connectivity index (χ0n) is 9.45. The van der Waals surface area contributed by atoms with Gasteiger partial charge in [-0.2, -0.15) is 11.3 Å². The van der Waals surface area contributed by atoms with Crippen LogP contribution in [0.2, 0.25) is 0 Å². The Morgan fingerprint density at radius 2 is 1.89 bits per heavy atom. The molecule has 2 aromatic rings. The fraction of sp³-hybridized carbons (Fsp3) is 0.167. The third-order valence-electron chi connectivity index (χ3n) is 2.44. The summed E-state index contributed by atoms with van der Waals surface area (Å²) in [6, 6.07) is 4.37. The normalized spacial score (nSPS) is 13.3. The minimum atomic E-state index is -4.92. The molecule has 0 unspecified atom stereocenters. The van der Waals surface area contributed by atoms with Crippen LogP contribution in [0.5, 0.6) is 5.75 Å². The van der Waals surface area contributed by atoms with E-state index in [1.165, 1.54) is 17.4 Å². The first-order valence-electron chi connectivity index (χ1n) is 5.19. The maximum Gasteiger partial charge on any atom is 0.573 e. The number of hydrogen-bond acceptors (Lipinski definition) is 3. The van der Waals surface area contributed by atoms with Gasteiger partial charge in [0.15, 0.2) is 11.6 Å². The van der Waals surface area contributed by atoms with E-state index in [2.05, 4.69) is 4.74 Å². The zero-order valence-corrected chi connectivity index (χ0v) is 10.3. The van der Waals surface area contributed by atoms with Crippen molar-refractivity contribution >= 4 is 11.3 Å². The van der Waals surface area contributed by atoms with E-state index in [1.807, 2.05) is 5.38 Å². The number of nitrogens with two attached hydrogens (primary N) is 1. The van der Waals surface area contributed by atoms with Gasteiger partial charge < -0.3 is 10.5 Å². The smallest absolute Gasteiger partial charge is 0.403 e. The topological polar surface area (TPSA) is 35.2 Å². The molecule has 0 radical (unpaired) electrons. The van der Waals surface area contributed by atoms with Crippen molar-refractivity contribution in [3.05, 3.63) is 52.0 Å². The van der Waals surface area contributed by atoms with Crippen LogP contribution in [0.25, 0.3) is 0 Å². The molecule has 7 heteroatoms. The fourth-order valence-corrected chi connectivity index (χ4v) is 2.26. The average molecular weight is 291 g/mol. The summed E-state index contributed by atoms with van der Waals surface area (Å²) < 4.78 is 53.0. The lowest BCUT2D eigenvalue weighted by Crippen LogP contribution is -2.18. The van der Waals surface area contributed by atoms with Crippen LogP contribution in [0.4, 0.5) is 17.6 Å². The molecule has 2 N–H and O–H groups in total. The highest BCUT2D eigenvalue weighted by atomic mass is 32.1. The average Bonchev–Trinajstić information content (AvgIpc) is 2.82. The van der Waals surface area contributed by atoms with E-state index in [4.69, 9.17) is 5.73 Å². The lowest BCUT2D eigenvalue weighted by Gasteiger charge is -2.13. The first kappa shape index (κ1) is 13.8. The van der Waals surface area contributed by atoms with E-state index >= 15 is 0 Å². The highest BCUT2D eigenvalue weighted by molar-refractivity contribution is 7.08. The summed E-state index contributed by atoms with van der Waals surface area (Å²) in [6.07, 6.45) is -4.92. The van der Waals surface area contributed by atoms with Gasteiger partial charge in [0.25, 0.3) is 0 Å². The monoisotopic (exact) mass is 291 g/mol. The van der Waals surface area contributed by atoms with Gasteiger partial charge >= 0.3 is 6.36 Å². The van der Waals surface area contributed by atoms with Crippen LogP contribution in [0.15, 0.2) is 35.0 Å². The highest BCUT2D eigenvalue weighted by Crippen LogP contribution is 2.29. The van der Waals surface area contributed by atoms with Gasteiger partial charge in [0.2, 0.25) is 0 Å². The molecule has 0 bridgehead atoms. The van der Waals surface area contributed by atoms with Crippen molar-refractivity contribution in [2.45, 2.75) is 12.4 Å². The minimum absolute atomic E-state index is 0.380. The second-order valence-electron chi connectivity index (χ2n) is 3.77. The number of rotatable bonds is 3. The van der Waals surface area contributed by atoms with Crippen LogP contribution in [0, 0.1) is 5.82 Å². The van der Waals surface area contributed by atoms with Crippen molar-refractivity contribution in [3.63, 3.8) is 0 Å². The molecule has 0 aliphatic rings. The van der Waals surface area contributed by atoms with Crippen molar-refractivity contribution in [3.8, 4) is 5.75 Å². The summed E-state index contributed by atoms with van der Waals surface area (Å²) in [6.45, 7) is 0. The molecule has 0 aliphatic carbocycles. The summed E-state index contributed by atoms with van der Waals surface area (Å²) in [5.74, 6) is -1.96. The second-order valence-corrected chi connectivity index (χ2v) is 4.55. The summed E-state index contributed by atoms with van der Waals surface area (Å²) in [5, 5.41) is 3.61. The van der Waals surface area contributed by atoms with E-state index in [0.717, 1.165) is 17.7 Å². The Labute approximate surface area is 110 Å². The Morgan fingerprint density at radius 1 is 1.16 bits per heavy atom. The predicted octanol–water partition coefficient (Wildman–Crippen LogP) is 3.83. The molecule has 1 aromatic carbocycles. The summed E-state index contributed by atoms with van der Waals surface area (Å²) in [5.41, 5.74) is 7.04. The molecule has 0 fully saturated rings. The quantitative estimate of drug-likeness (QED) is 0.872. The number of thiophene rings is 1. The van der Waals surface area contributed by atoms with Crippen LogP contribution in [0.1, 0.15) is 17.2 Å². The maximum absolute atomic E-state index is 13.5. The Kier molecular flexibility index (Phi) is 3.77. The molecule has 0 saturated heterocycles. The summed E-state index contributed by atoms with van der Waals surface area (Å²) in [7, 11) is 0. The van der Waals surface area contributed by atoms with Gasteiger partial charge in [0.1, 0.15) is 0 Å². The lowest BCUT2D eigenvalue weighted by atomic mass is 10.0. The van der Waals surface area contributed by atoms with Gasteiger partial charge in [-0.05, 0) is 40.1 Å². The molecule has 102 valence electrons. The van der Waals surface area contributed by atoms with Gasteiger partial charge in [0, 0.05) is 0 Å². The van der Waals surface area contributed by atoms with Gasteiger partial charge in [-0.15, -0.1) is 13.2 Å². The van der Waals surface area contributed by atoms with Gasteiger partial charge in [0.05, 0.1) is 6.04 Å². The molecule has 1 aromatic heterocycles. The van der Waals surface area contributed by atoms with Crippen LogP contribution < -0.4 is 10.5 Å². The Morgan fingerprint density at radius 3 is 2.42 bits per heavy atom. The molecule has 0 saturated carbocycles. The standard InChI is InChI=1S/C12H9F4NOS/c13-9-5-7(11(17)8-3-4-19-6-8)1-2-10(9)18-12(14,15)16/h1-6,11H,17H2/t11-/m1/s1. The first-order chi connectivity index (χ1) is 8.87. The number of alkyl halides is 3. The second kappa shape index (κ2) is 5.18. The molecule has 2 rings (SSSR count). The molecular formula is C12H9F4NOS. The summed E-state index contributed by atoms with van der Waals surface area (Å²) in [4.78, 5) is 0. The highest BCUT2D eigenvalue weighted by Gasteiger charge is 2.32. The molecule has 1 atom stereocenters.